The van der Waals surface area contributed by atoms with E-state index >= 15 is 0 Å². The molecule has 0 aromatic rings. The van der Waals surface area contributed by atoms with Gasteiger partial charge in [-0.2, -0.15) is 0 Å². The van der Waals surface area contributed by atoms with E-state index in [0.717, 1.165) is 5.94 Å². The maximum atomic E-state index is 5.99. The Balaban J connectivity index is 3.73. The fourth-order valence-corrected chi connectivity index (χ4v) is 2.02. The van der Waals surface area contributed by atoms with Gasteiger partial charge >= 0.3 is 0 Å². The third-order valence-electron chi connectivity index (χ3n) is 2.93. The Morgan fingerprint density at radius 1 is 1.12 bits per heavy atom. The number of hydrogen-bond donors (Lipinski definition) is 0. The summed E-state index contributed by atoms with van der Waals surface area (Å²) in [6.07, 6.45) is 6.12. The fraction of sp³-hybridized carbons (Fsp3) is 0.833. The van der Waals surface area contributed by atoms with Gasteiger partial charge in [0, 0.05) is 0 Å². The first-order chi connectivity index (χ1) is 7.31. The molecular weight excluding hydrogens is 236 g/mol. The molecule has 0 aromatic heterocycles. The van der Waals surface area contributed by atoms with E-state index in [1.165, 1.54) is 0 Å². The molecule has 0 radical (unpaired) electrons. The second kappa shape index (κ2) is 7.53. The first kappa shape index (κ1) is 16.2. The molecule has 0 fully saturated rings. The van der Waals surface area contributed by atoms with E-state index in [9.17, 15) is 0 Å². The van der Waals surface area contributed by atoms with E-state index in [4.69, 9.17) is 9.16 Å². The van der Waals surface area contributed by atoms with Crippen LogP contribution in [0.15, 0.2) is 12.2 Å². The van der Waals surface area contributed by atoms with Crippen molar-refractivity contribution in [2.75, 3.05) is 25.4 Å². The molecule has 0 saturated carbocycles. The Morgan fingerprint density at radius 3 is 2.19 bits per heavy atom. The van der Waals surface area contributed by atoms with Gasteiger partial charge in [0.1, 0.15) is 0 Å². The van der Waals surface area contributed by atoms with Crippen LogP contribution in [-0.2, 0) is 9.16 Å². The molecule has 0 saturated heterocycles. The Bertz CT molecular complexity index is 210. The van der Waals surface area contributed by atoms with Crippen LogP contribution in [0.25, 0.3) is 0 Å². The molecule has 0 aromatic carbocycles. The highest BCUT2D eigenvalue weighted by atomic mass is 32.2. The molecule has 0 spiro atoms. The number of rotatable bonds is 7. The average molecular weight is 262 g/mol. The van der Waals surface area contributed by atoms with Crippen molar-refractivity contribution >= 4 is 20.1 Å². The van der Waals surface area contributed by atoms with Crippen LogP contribution in [0.3, 0.4) is 0 Å². The van der Waals surface area contributed by atoms with Crippen molar-refractivity contribution in [1.29, 1.82) is 0 Å². The van der Waals surface area contributed by atoms with Crippen molar-refractivity contribution in [2.24, 2.45) is 0 Å². The molecule has 0 N–H and O–H groups in total. The Labute approximate surface area is 106 Å². The summed E-state index contributed by atoms with van der Waals surface area (Å²) in [4.78, 5) is 0. The van der Waals surface area contributed by atoms with Crippen molar-refractivity contribution in [1.82, 2.24) is 0 Å². The second-order valence-electron chi connectivity index (χ2n) is 5.32. The molecule has 0 atom stereocenters. The van der Waals surface area contributed by atoms with Gasteiger partial charge in [-0.1, -0.05) is 32.9 Å². The van der Waals surface area contributed by atoms with Crippen LogP contribution in [0.1, 0.15) is 20.8 Å². The zero-order chi connectivity index (χ0) is 12.7. The Kier molecular flexibility index (Phi) is 7.64. The molecule has 0 aliphatic heterocycles. The lowest BCUT2D eigenvalue weighted by Crippen LogP contribution is -2.40. The molecule has 16 heavy (non-hydrogen) atoms. The molecule has 0 amide bonds. The maximum absolute atomic E-state index is 5.99. The molecule has 0 bridgehead atoms. The first-order valence-corrected chi connectivity index (χ1v) is 9.97. The third-order valence-corrected chi connectivity index (χ3v) is 7.83. The molecular formula is C12H26O2SSi. The zero-order valence-electron chi connectivity index (χ0n) is 11.5. The lowest BCUT2D eigenvalue weighted by atomic mass is 10.2. The van der Waals surface area contributed by atoms with Crippen LogP contribution < -0.4 is 0 Å². The highest BCUT2D eigenvalue weighted by Gasteiger charge is 2.36. The number of ether oxygens (including phenoxy) is 1. The SMILES string of the molecule is CSCOC/C=C\CO[Si](C)(C)C(C)(C)C. The summed E-state index contributed by atoms with van der Waals surface area (Å²) in [5, 5.41) is 0.288. The summed E-state index contributed by atoms with van der Waals surface area (Å²) in [7, 11) is -1.58. The summed E-state index contributed by atoms with van der Waals surface area (Å²) in [5.74, 6) is 0.757. The van der Waals surface area contributed by atoms with Gasteiger partial charge in [-0.25, -0.2) is 0 Å². The predicted octanol–water partition coefficient (Wildman–Crippen LogP) is 3.90. The molecule has 0 aliphatic rings. The minimum atomic E-state index is -1.58. The largest absolute Gasteiger partial charge is 0.413 e. The van der Waals surface area contributed by atoms with E-state index in [-0.39, 0.29) is 5.04 Å². The molecule has 0 heterocycles. The molecule has 2 nitrogen and oxygen atoms in total. The van der Waals surface area contributed by atoms with E-state index in [1.807, 2.05) is 12.3 Å². The molecule has 0 rings (SSSR count). The smallest absolute Gasteiger partial charge is 0.192 e. The lowest BCUT2D eigenvalue weighted by Gasteiger charge is -2.35. The van der Waals surface area contributed by atoms with Gasteiger partial charge in [0.25, 0.3) is 0 Å². The molecule has 4 heteroatoms. The van der Waals surface area contributed by atoms with Crippen LogP contribution in [0.2, 0.25) is 18.1 Å². The standard InChI is InChI=1S/C12H26O2SSi/c1-12(2,3)16(5,6)14-10-8-7-9-13-11-15-4/h7-8H,9-11H2,1-6H3/b8-7-. The molecule has 0 aliphatic carbocycles. The maximum Gasteiger partial charge on any atom is 0.192 e. The number of hydrogen-bond acceptors (Lipinski definition) is 3. The van der Waals surface area contributed by atoms with Crippen LogP contribution in [0, 0.1) is 0 Å². The topological polar surface area (TPSA) is 18.5 Å². The van der Waals surface area contributed by atoms with Gasteiger partial charge in [-0.3, -0.25) is 0 Å². The summed E-state index contributed by atoms with van der Waals surface area (Å²) in [6, 6.07) is 0. The van der Waals surface area contributed by atoms with Crippen LogP contribution in [-0.4, -0.2) is 33.7 Å². The van der Waals surface area contributed by atoms with Gasteiger partial charge in [0.15, 0.2) is 8.32 Å². The van der Waals surface area contributed by atoms with E-state index in [1.54, 1.807) is 11.8 Å². The quantitative estimate of drug-likeness (QED) is 0.300. The fourth-order valence-electron chi connectivity index (χ4n) is 0.809. The Morgan fingerprint density at radius 2 is 1.69 bits per heavy atom. The van der Waals surface area contributed by atoms with Crippen molar-refractivity contribution < 1.29 is 9.16 Å². The van der Waals surface area contributed by atoms with E-state index in [2.05, 4.69) is 39.9 Å². The zero-order valence-corrected chi connectivity index (χ0v) is 13.3. The van der Waals surface area contributed by atoms with Crippen molar-refractivity contribution in [3.8, 4) is 0 Å². The monoisotopic (exact) mass is 262 g/mol. The number of thioether (sulfide) groups is 1. The van der Waals surface area contributed by atoms with Gasteiger partial charge < -0.3 is 9.16 Å². The van der Waals surface area contributed by atoms with Crippen molar-refractivity contribution in [2.45, 2.75) is 38.9 Å². The lowest BCUT2D eigenvalue weighted by molar-refractivity contribution is 0.216. The summed E-state index contributed by atoms with van der Waals surface area (Å²) in [6.45, 7) is 12.7. The van der Waals surface area contributed by atoms with Crippen LogP contribution in [0.4, 0.5) is 0 Å². The van der Waals surface area contributed by atoms with Gasteiger partial charge in [-0.15, -0.1) is 11.8 Å². The van der Waals surface area contributed by atoms with Crippen molar-refractivity contribution in [3.05, 3.63) is 12.2 Å². The highest BCUT2D eigenvalue weighted by Crippen LogP contribution is 2.36. The van der Waals surface area contributed by atoms with E-state index in [0.29, 0.717) is 13.2 Å². The van der Waals surface area contributed by atoms with E-state index < -0.39 is 8.32 Å². The van der Waals surface area contributed by atoms with Gasteiger partial charge in [0.2, 0.25) is 0 Å². The average Bonchev–Trinajstić information content (AvgIpc) is 2.14. The second-order valence-corrected chi connectivity index (χ2v) is 10.9. The first-order valence-electron chi connectivity index (χ1n) is 5.67. The third kappa shape index (κ3) is 6.73. The molecule has 96 valence electrons. The van der Waals surface area contributed by atoms with Gasteiger partial charge in [0.05, 0.1) is 19.2 Å². The Hall–Kier alpha value is 0.227. The minimum absolute atomic E-state index is 0.288. The summed E-state index contributed by atoms with van der Waals surface area (Å²) in [5.41, 5.74) is 0. The highest BCUT2D eigenvalue weighted by molar-refractivity contribution is 7.98. The van der Waals surface area contributed by atoms with Crippen LogP contribution >= 0.6 is 11.8 Å². The van der Waals surface area contributed by atoms with Gasteiger partial charge in [-0.05, 0) is 24.4 Å². The summed E-state index contributed by atoms with van der Waals surface area (Å²) >= 11 is 1.69. The molecule has 0 unspecified atom stereocenters. The summed E-state index contributed by atoms with van der Waals surface area (Å²) < 4.78 is 11.3. The normalized spacial score (nSPS) is 13.6. The minimum Gasteiger partial charge on any atom is -0.413 e. The van der Waals surface area contributed by atoms with Crippen molar-refractivity contribution in [3.63, 3.8) is 0 Å². The van der Waals surface area contributed by atoms with Crippen LogP contribution in [0.5, 0.6) is 0 Å². The predicted molar refractivity (Wildman–Crippen MR) is 76.6 cm³/mol.